The van der Waals surface area contributed by atoms with E-state index in [1.807, 2.05) is 0 Å². The molecule has 0 aliphatic rings. The Morgan fingerprint density at radius 2 is 1.62 bits per heavy atom. The molecule has 1 aromatic carbocycles. The van der Waals surface area contributed by atoms with Gasteiger partial charge >= 0.3 is 6.18 Å². The van der Waals surface area contributed by atoms with Gasteiger partial charge in [-0.05, 0) is 41.8 Å². The van der Waals surface area contributed by atoms with Gasteiger partial charge in [-0.15, -0.1) is 0 Å². The van der Waals surface area contributed by atoms with Crippen molar-refractivity contribution in [2.75, 3.05) is 0 Å². The Kier molecular flexibility index (Phi) is 2.84. The standard InChI is InChI=1S/C9H4ClF3/c10-6-5-7-1-3-8(4-2-7)9(11,12)13/h1-4H. The summed E-state index contributed by atoms with van der Waals surface area (Å²) < 4.78 is 36.1. The monoisotopic (exact) mass is 204 g/mol. The molecule has 0 N–H and O–H groups in total. The molecule has 0 radical (unpaired) electrons. The smallest absolute Gasteiger partial charge is 0.166 e. The Morgan fingerprint density at radius 1 is 1.08 bits per heavy atom. The zero-order valence-electron chi connectivity index (χ0n) is 6.32. The van der Waals surface area contributed by atoms with Crippen LogP contribution >= 0.6 is 11.6 Å². The molecule has 0 amide bonds. The van der Waals surface area contributed by atoms with Crippen LogP contribution in [0.2, 0.25) is 0 Å². The fourth-order valence-corrected chi connectivity index (χ4v) is 0.906. The van der Waals surface area contributed by atoms with Gasteiger partial charge in [-0.3, -0.25) is 0 Å². The Hall–Kier alpha value is -1.14. The quantitative estimate of drug-likeness (QED) is 0.569. The van der Waals surface area contributed by atoms with E-state index in [2.05, 4.69) is 11.3 Å². The van der Waals surface area contributed by atoms with Crippen molar-refractivity contribution in [1.82, 2.24) is 0 Å². The van der Waals surface area contributed by atoms with Crippen molar-refractivity contribution in [3.63, 3.8) is 0 Å². The average Bonchev–Trinajstić information content (AvgIpc) is 2.04. The highest BCUT2D eigenvalue weighted by Crippen LogP contribution is 2.28. The van der Waals surface area contributed by atoms with Crippen molar-refractivity contribution < 1.29 is 13.2 Å². The minimum atomic E-state index is -4.30. The van der Waals surface area contributed by atoms with Crippen molar-refractivity contribution in [2.45, 2.75) is 6.18 Å². The van der Waals surface area contributed by atoms with Crippen LogP contribution in [0.4, 0.5) is 13.2 Å². The molecule has 13 heavy (non-hydrogen) atoms. The van der Waals surface area contributed by atoms with Gasteiger partial charge in [0.05, 0.1) is 5.56 Å². The molecule has 0 saturated carbocycles. The maximum atomic E-state index is 12.0. The van der Waals surface area contributed by atoms with E-state index in [4.69, 9.17) is 11.6 Å². The number of halogens is 4. The SMILES string of the molecule is FC(F)(F)c1ccc(C#CCl)cc1. The highest BCUT2D eigenvalue weighted by Gasteiger charge is 2.29. The fraction of sp³-hybridized carbons (Fsp3) is 0.111. The van der Waals surface area contributed by atoms with E-state index in [0.29, 0.717) is 5.56 Å². The topological polar surface area (TPSA) is 0 Å². The third-order valence-electron chi connectivity index (χ3n) is 1.40. The van der Waals surface area contributed by atoms with Crippen LogP contribution in [0.15, 0.2) is 24.3 Å². The van der Waals surface area contributed by atoms with Crippen molar-refractivity contribution in [3.05, 3.63) is 35.4 Å². The largest absolute Gasteiger partial charge is 0.416 e. The summed E-state index contributed by atoms with van der Waals surface area (Å²) in [6, 6.07) is 4.49. The molecule has 0 aromatic heterocycles. The maximum Gasteiger partial charge on any atom is 0.416 e. The molecule has 0 fully saturated rings. The number of hydrogen-bond donors (Lipinski definition) is 0. The first-order valence-electron chi connectivity index (χ1n) is 3.33. The summed E-state index contributed by atoms with van der Waals surface area (Å²) in [5, 5.41) is 2.08. The molecular formula is C9H4ClF3. The van der Waals surface area contributed by atoms with Gasteiger partial charge in [0, 0.05) is 10.9 Å². The second-order valence-electron chi connectivity index (χ2n) is 2.29. The predicted molar refractivity (Wildman–Crippen MR) is 44.2 cm³/mol. The molecule has 0 unspecified atom stereocenters. The molecule has 0 aliphatic heterocycles. The van der Waals surface area contributed by atoms with Gasteiger partial charge in [-0.25, -0.2) is 0 Å². The minimum absolute atomic E-state index is 0.461. The van der Waals surface area contributed by atoms with Crippen LogP contribution in [-0.4, -0.2) is 0 Å². The molecule has 0 aliphatic carbocycles. The summed E-state index contributed by atoms with van der Waals surface area (Å²) in [5.41, 5.74) is -0.226. The molecule has 0 nitrogen and oxygen atoms in total. The second-order valence-corrected chi connectivity index (χ2v) is 2.48. The predicted octanol–water partition coefficient (Wildman–Crippen LogP) is 3.25. The van der Waals surface area contributed by atoms with Crippen molar-refractivity contribution in [1.29, 1.82) is 0 Å². The lowest BCUT2D eigenvalue weighted by molar-refractivity contribution is -0.137. The van der Waals surface area contributed by atoms with Crippen molar-refractivity contribution in [3.8, 4) is 11.3 Å². The van der Waals surface area contributed by atoms with Gasteiger partial charge in [0.2, 0.25) is 0 Å². The van der Waals surface area contributed by atoms with Crippen LogP contribution in [0.3, 0.4) is 0 Å². The summed E-state index contributed by atoms with van der Waals surface area (Å²) >= 11 is 5.08. The maximum absolute atomic E-state index is 12.0. The van der Waals surface area contributed by atoms with Gasteiger partial charge in [0.1, 0.15) is 0 Å². The zero-order chi connectivity index (χ0) is 9.90. The second kappa shape index (κ2) is 3.71. The lowest BCUT2D eigenvalue weighted by atomic mass is 10.1. The summed E-state index contributed by atoms with van der Waals surface area (Å²) in [6.45, 7) is 0. The lowest BCUT2D eigenvalue weighted by Gasteiger charge is -2.05. The molecule has 0 heterocycles. The molecule has 0 saturated heterocycles. The highest BCUT2D eigenvalue weighted by molar-refractivity contribution is 6.30. The molecule has 1 aromatic rings. The van der Waals surface area contributed by atoms with E-state index >= 15 is 0 Å². The average molecular weight is 205 g/mol. The molecule has 0 bridgehead atoms. The molecule has 4 heteroatoms. The van der Waals surface area contributed by atoms with E-state index < -0.39 is 11.7 Å². The molecule has 68 valence electrons. The van der Waals surface area contributed by atoms with E-state index in [1.54, 1.807) is 0 Å². The summed E-state index contributed by atoms with van der Waals surface area (Å²) in [5.74, 6) is 2.43. The first-order chi connectivity index (χ1) is 6.04. The van der Waals surface area contributed by atoms with Crippen LogP contribution in [0.25, 0.3) is 0 Å². The van der Waals surface area contributed by atoms with Crippen LogP contribution < -0.4 is 0 Å². The number of hydrogen-bond acceptors (Lipinski definition) is 0. The zero-order valence-corrected chi connectivity index (χ0v) is 7.08. The fourth-order valence-electron chi connectivity index (χ4n) is 0.797. The Balaban J connectivity index is 2.98. The Bertz CT molecular complexity index is 340. The normalized spacial score (nSPS) is 10.5. The molecular weight excluding hydrogens is 201 g/mol. The molecule has 0 spiro atoms. The summed E-state index contributed by atoms with van der Waals surface area (Å²) in [7, 11) is 0. The van der Waals surface area contributed by atoms with Crippen LogP contribution in [-0.2, 0) is 6.18 Å². The van der Waals surface area contributed by atoms with Gasteiger partial charge in [0.25, 0.3) is 0 Å². The van der Waals surface area contributed by atoms with Gasteiger partial charge < -0.3 is 0 Å². The van der Waals surface area contributed by atoms with Crippen LogP contribution in [0, 0.1) is 11.3 Å². The van der Waals surface area contributed by atoms with E-state index in [-0.39, 0.29) is 0 Å². The Morgan fingerprint density at radius 3 is 2.00 bits per heavy atom. The first kappa shape index (κ1) is 9.94. The van der Waals surface area contributed by atoms with Gasteiger partial charge in [0.15, 0.2) is 0 Å². The molecule has 1 rings (SSSR count). The highest BCUT2D eigenvalue weighted by atomic mass is 35.5. The van der Waals surface area contributed by atoms with Gasteiger partial charge in [-0.2, -0.15) is 13.2 Å². The van der Waals surface area contributed by atoms with E-state index in [1.165, 1.54) is 12.1 Å². The minimum Gasteiger partial charge on any atom is -0.166 e. The lowest BCUT2D eigenvalue weighted by Crippen LogP contribution is -2.03. The number of rotatable bonds is 0. The van der Waals surface area contributed by atoms with Crippen LogP contribution in [0.1, 0.15) is 11.1 Å². The number of benzene rings is 1. The van der Waals surface area contributed by atoms with Crippen LogP contribution in [0.5, 0.6) is 0 Å². The summed E-state index contributed by atoms with van der Waals surface area (Å²) in [6.07, 6.45) is -4.30. The van der Waals surface area contributed by atoms with Gasteiger partial charge in [-0.1, -0.05) is 0 Å². The first-order valence-corrected chi connectivity index (χ1v) is 3.71. The Labute approximate surface area is 78.3 Å². The third-order valence-corrected chi connectivity index (χ3v) is 1.50. The molecule has 0 atom stereocenters. The van der Waals surface area contributed by atoms with Crippen molar-refractivity contribution >= 4 is 11.6 Å². The van der Waals surface area contributed by atoms with Crippen molar-refractivity contribution in [2.24, 2.45) is 0 Å². The summed E-state index contributed by atoms with van der Waals surface area (Å²) in [4.78, 5) is 0. The van der Waals surface area contributed by atoms with E-state index in [0.717, 1.165) is 12.1 Å². The number of alkyl halides is 3. The third kappa shape index (κ3) is 2.67. The van der Waals surface area contributed by atoms with E-state index in [9.17, 15) is 13.2 Å².